The highest BCUT2D eigenvalue weighted by molar-refractivity contribution is 6.34. The lowest BCUT2D eigenvalue weighted by Crippen LogP contribution is -2.25. The number of nitrogens with one attached hydrogen (secondary N) is 2. The average molecular weight is 462 g/mol. The fourth-order valence-electron chi connectivity index (χ4n) is 3.96. The molecule has 2 aromatic heterocycles. The number of aryl methyl sites for hydroxylation is 2. The Kier molecular flexibility index (Phi) is 5.49. The third kappa shape index (κ3) is 4.15. The molecule has 5 rings (SSSR count). The number of aromatic nitrogens is 3. The molecule has 0 bridgehead atoms. The van der Waals surface area contributed by atoms with Crippen molar-refractivity contribution in [3.05, 3.63) is 58.2 Å². The number of carbonyl (C=O) groups excluding carboxylic acids is 1. The van der Waals surface area contributed by atoms with Crippen LogP contribution in [0.2, 0.25) is 5.02 Å². The van der Waals surface area contributed by atoms with E-state index < -0.39 is 0 Å². The van der Waals surface area contributed by atoms with Crippen LogP contribution in [0.3, 0.4) is 0 Å². The quantitative estimate of drug-likeness (QED) is 0.381. The number of anilines is 1. The Balaban J connectivity index is 1.66. The normalized spacial score (nSPS) is 13.8. The Morgan fingerprint density at radius 2 is 1.94 bits per heavy atom. The third-order valence-electron chi connectivity index (χ3n) is 6.14. The van der Waals surface area contributed by atoms with Gasteiger partial charge in [-0.05, 0) is 68.0 Å². The van der Waals surface area contributed by atoms with Crippen LogP contribution in [0.1, 0.15) is 48.2 Å². The van der Waals surface area contributed by atoms with Crippen LogP contribution >= 0.6 is 11.6 Å². The molecule has 1 aliphatic rings. The lowest BCUT2D eigenvalue weighted by atomic mass is 10.1. The van der Waals surface area contributed by atoms with Gasteiger partial charge in [-0.2, -0.15) is 0 Å². The smallest absolute Gasteiger partial charge is 0.253 e. The Bertz CT molecular complexity index is 1390. The van der Waals surface area contributed by atoms with Crippen LogP contribution in [0.25, 0.3) is 27.9 Å². The fraction of sp³-hybridized carbons (Fsp3) is 0.346. The number of rotatable bonds is 6. The SMILES string of the molecule is Cc1cc2nc(NCC(C)C)c3ncc(-c4ccc(C(=O)NC5CC5)c(Cl)c4)n3c2cc1C. The van der Waals surface area contributed by atoms with Gasteiger partial charge in [-0.25, -0.2) is 9.97 Å². The van der Waals surface area contributed by atoms with E-state index in [1.165, 1.54) is 11.1 Å². The predicted molar refractivity (Wildman–Crippen MR) is 134 cm³/mol. The maximum absolute atomic E-state index is 12.5. The van der Waals surface area contributed by atoms with Crippen LogP contribution in [-0.2, 0) is 0 Å². The Morgan fingerprint density at radius 3 is 2.64 bits per heavy atom. The molecule has 0 aliphatic heterocycles. The van der Waals surface area contributed by atoms with Crippen LogP contribution in [0, 0.1) is 19.8 Å². The number of hydrogen-bond acceptors (Lipinski definition) is 4. The minimum atomic E-state index is -0.117. The van der Waals surface area contributed by atoms with Crippen LogP contribution in [0.15, 0.2) is 36.5 Å². The molecule has 2 aromatic carbocycles. The topological polar surface area (TPSA) is 71.3 Å². The van der Waals surface area contributed by atoms with Gasteiger partial charge < -0.3 is 10.6 Å². The van der Waals surface area contributed by atoms with E-state index in [0.29, 0.717) is 16.5 Å². The van der Waals surface area contributed by atoms with Gasteiger partial charge in [0, 0.05) is 18.2 Å². The maximum Gasteiger partial charge on any atom is 0.253 e. The lowest BCUT2D eigenvalue weighted by molar-refractivity contribution is 0.0951. The van der Waals surface area contributed by atoms with Crippen molar-refractivity contribution in [2.45, 2.75) is 46.6 Å². The van der Waals surface area contributed by atoms with Crippen molar-refractivity contribution < 1.29 is 4.79 Å². The van der Waals surface area contributed by atoms with Crippen LogP contribution < -0.4 is 10.6 Å². The largest absolute Gasteiger partial charge is 0.367 e. The van der Waals surface area contributed by atoms with E-state index in [-0.39, 0.29) is 11.9 Å². The highest BCUT2D eigenvalue weighted by atomic mass is 35.5. The number of nitrogens with zero attached hydrogens (tertiary/aromatic N) is 3. The zero-order valence-electron chi connectivity index (χ0n) is 19.4. The van der Waals surface area contributed by atoms with E-state index in [2.05, 4.69) is 54.9 Å². The van der Waals surface area contributed by atoms with E-state index in [1.807, 2.05) is 18.3 Å². The molecule has 1 amide bonds. The van der Waals surface area contributed by atoms with Gasteiger partial charge in [0.1, 0.15) is 0 Å². The number of benzene rings is 2. The zero-order chi connectivity index (χ0) is 23.3. The number of amides is 1. The van der Waals surface area contributed by atoms with E-state index in [4.69, 9.17) is 21.6 Å². The number of imidazole rings is 1. The summed E-state index contributed by atoms with van der Waals surface area (Å²) in [6, 6.07) is 10.1. The van der Waals surface area contributed by atoms with Gasteiger partial charge in [-0.15, -0.1) is 0 Å². The van der Waals surface area contributed by atoms with E-state index in [1.54, 1.807) is 6.07 Å². The summed E-state index contributed by atoms with van der Waals surface area (Å²) in [6.45, 7) is 9.34. The van der Waals surface area contributed by atoms with Crippen molar-refractivity contribution >= 4 is 40.0 Å². The standard InChI is InChI=1S/C26H28ClN5O/c1-14(2)12-28-24-25-29-13-23(32(25)22-10-16(4)15(3)9-21(22)31-24)17-5-8-19(20(27)11-17)26(33)30-18-6-7-18/h5,8-11,13-14,18H,6-7,12H2,1-4H3,(H,28,31)(H,30,33). The monoisotopic (exact) mass is 461 g/mol. The summed E-state index contributed by atoms with van der Waals surface area (Å²) in [5.74, 6) is 1.12. The summed E-state index contributed by atoms with van der Waals surface area (Å²) < 4.78 is 2.13. The molecule has 1 fully saturated rings. The van der Waals surface area contributed by atoms with E-state index in [9.17, 15) is 4.79 Å². The summed E-state index contributed by atoms with van der Waals surface area (Å²) in [5, 5.41) is 6.90. The molecule has 0 radical (unpaired) electrons. The van der Waals surface area contributed by atoms with Gasteiger partial charge in [-0.3, -0.25) is 9.20 Å². The molecule has 0 saturated heterocycles. The molecule has 33 heavy (non-hydrogen) atoms. The molecule has 0 atom stereocenters. The first-order valence-electron chi connectivity index (χ1n) is 11.4. The van der Waals surface area contributed by atoms with Gasteiger partial charge in [0.25, 0.3) is 5.91 Å². The van der Waals surface area contributed by atoms with Crippen LogP contribution in [0.4, 0.5) is 5.82 Å². The second-order valence-corrected chi connectivity index (χ2v) is 9.81. The van der Waals surface area contributed by atoms with Crippen molar-refractivity contribution in [1.82, 2.24) is 19.7 Å². The number of hydrogen-bond donors (Lipinski definition) is 2. The second kappa shape index (κ2) is 8.34. The molecule has 1 aliphatic carbocycles. The van der Waals surface area contributed by atoms with Gasteiger partial charge in [0.2, 0.25) is 0 Å². The first-order chi connectivity index (χ1) is 15.8. The highest BCUT2D eigenvalue weighted by Crippen LogP contribution is 2.32. The van der Waals surface area contributed by atoms with E-state index in [0.717, 1.165) is 53.1 Å². The maximum atomic E-state index is 12.5. The summed E-state index contributed by atoms with van der Waals surface area (Å²) in [5.41, 5.74) is 7.36. The minimum Gasteiger partial charge on any atom is -0.367 e. The molecule has 0 unspecified atom stereocenters. The number of fused-ring (bicyclic) bond motifs is 3. The summed E-state index contributed by atoms with van der Waals surface area (Å²) in [7, 11) is 0. The van der Waals surface area contributed by atoms with Gasteiger partial charge in [0.05, 0.1) is 33.5 Å². The highest BCUT2D eigenvalue weighted by Gasteiger charge is 2.25. The lowest BCUT2D eigenvalue weighted by Gasteiger charge is -2.14. The molecular weight excluding hydrogens is 434 g/mol. The minimum absolute atomic E-state index is 0.117. The van der Waals surface area contributed by atoms with Gasteiger partial charge >= 0.3 is 0 Å². The molecule has 7 heteroatoms. The van der Waals surface area contributed by atoms with Gasteiger partial charge in [-0.1, -0.05) is 31.5 Å². The fourth-order valence-corrected chi connectivity index (χ4v) is 4.23. The molecular formula is C26H28ClN5O. The summed E-state index contributed by atoms with van der Waals surface area (Å²) >= 11 is 6.56. The Labute approximate surface area is 198 Å². The molecule has 4 aromatic rings. The predicted octanol–water partition coefficient (Wildman–Crippen LogP) is 5.78. The molecule has 0 spiro atoms. The Morgan fingerprint density at radius 1 is 1.18 bits per heavy atom. The van der Waals surface area contributed by atoms with Crippen LogP contribution in [0.5, 0.6) is 0 Å². The molecule has 170 valence electrons. The number of carbonyl (C=O) groups is 1. The average Bonchev–Trinajstić information content (AvgIpc) is 3.47. The third-order valence-corrected chi connectivity index (χ3v) is 6.45. The first kappa shape index (κ1) is 21.7. The molecule has 2 N–H and O–H groups in total. The first-order valence-corrected chi connectivity index (χ1v) is 11.8. The zero-order valence-corrected chi connectivity index (χ0v) is 20.1. The van der Waals surface area contributed by atoms with Crippen LogP contribution in [-0.4, -0.2) is 32.9 Å². The second-order valence-electron chi connectivity index (χ2n) is 9.41. The molecule has 2 heterocycles. The van der Waals surface area contributed by atoms with Gasteiger partial charge in [0.15, 0.2) is 11.5 Å². The van der Waals surface area contributed by atoms with Crippen molar-refractivity contribution in [3.8, 4) is 11.3 Å². The van der Waals surface area contributed by atoms with Crippen molar-refractivity contribution in [2.24, 2.45) is 5.92 Å². The summed E-state index contributed by atoms with van der Waals surface area (Å²) in [4.78, 5) is 22.1. The molecule has 6 nitrogen and oxygen atoms in total. The van der Waals surface area contributed by atoms with Crippen molar-refractivity contribution in [1.29, 1.82) is 0 Å². The number of halogens is 1. The van der Waals surface area contributed by atoms with Crippen molar-refractivity contribution in [3.63, 3.8) is 0 Å². The summed E-state index contributed by atoms with van der Waals surface area (Å²) in [6.07, 6.45) is 3.93. The molecule has 1 saturated carbocycles. The Hall–Kier alpha value is -3.12. The van der Waals surface area contributed by atoms with E-state index >= 15 is 0 Å². The van der Waals surface area contributed by atoms with Crippen molar-refractivity contribution in [2.75, 3.05) is 11.9 Å².